The van der Waals surface area contributed by atoms with Crippen LogP contribution in [0.4, 0.5) is 5.69 Å². The third kappa shape index (κ3) is 8.31. The molecule has 2 amide bonds. The lowest BCUT2D eigenvalue weighted by Crippen LogP contribution is -2.53. The van der Waals surface area contributed by atoms with Crippen LogP contribution < -0.4 is 9.62 Å². The van der Waals surface area contributed by atoms with Crippen molar-refractivity contribution in [1.82, 2.24) is 10.2 Å². The molecule has 202 valence electrons. The fourth-order valence-corrected chi connectivity index (χ4v) is 5.26. The maximum Gasteiger partial charge on any atom is 0.244 e. The molecule has 0 heterocycles. The third-order valence-corrected chi connectivity index (χ3v) is 7.95. The van der Waals surface area contributed by atoms with Crippen LogP contribution in [0.2, 0.25) is 5.02 Å². The van der Waals surface area contributed by atoms with Crippen LogP contribution in [0.15, 0.2) is 83.3 Å². The topological polar surface area (TPSA) is 86.8 Å². The maximum absolute atomic E-state index is 14.0. The second-order valence-electron chi connectivity index (χ2n) is 8.86. The van der Waals surface area contributed by atoms with Crippen molar-refractivity contribution >= 4 is 55.1 Å². The minimum Gasteiger partial charge on any atom is -0.354 e. The molecule has 0 saturated carbocycles. The van der Waals surface area contributed by atoms with E-state index in [2.05, 4.69) is 21.2 Å². The Hall–Kier alpha value is -2.88. The summed E-state index contributed by atoms with van der Waals surface area (Å²) >= 11 is 9.79. The summed E-state index contributed by atoms with van der Waals surface area (Å²) in [6.07, 6.45) is 2.04. The van der Waals surface area contributed by atoms with Gasteiger partial charge in [0, 0.05) is 29.0 Å². The first kappa shape index (κ1) is 29.7. The summed E-state index contributed by atoms with van der Waals surface area (Å²) in [4.78, 5) is 28.8. The van der Waals surface area contributed by atoms with E-state index in [1.165, 1.54) is 4.90 Å². The van der Waals surface area contributed by atoms with E-state index in [9.17, 15) is 18.0 Å². The first-order valence-electron chi connectivity index (χ1n) is 12.2. The zero-order valence-corrected chi connectivity index (χ0v) is 24.5. The number of sulfonamides is 1. The van der Waals surface area contributed by atoms with Gasteiger partial charge in [0.05, 0.1) is 11.9 Å². The van der Waals surface area contributed by atoms with Gasteiger partial charge in [-0.25, -0.2) is 8.42 Å². The molecule has 1 N–H and O–H groups in total. The molecule has 1 atom stereocenters. The number of carbonyl (C=O) groups is 2. The van der Waals surface area contributed by atoms with Crippen molar-refractivity contribution in [3.05, 3.63) is 99.5 Å². The van der Waals surface area contributed by atoms with Gasteiger partial charge >= 0.3 is 0 Å². The van der Waals surface area contributed by atoms with Gasteiger partial charge in [-0.05, 0) is 47.9 Å². The zero-order chi connectivity index (χ0) is 27.7. The number of nitrogens with one attached hydrogen (secondary N) is 1. The number of hydrogen-bond donors (Lipinski definition) is 1. The van der Waals surface area contributed by atoms with Crippen molar-refractivity contribution < 1.29 is 18.0 Å². The average molecular weight is 621 g/mol. The van der Waals surface area contributed by atoms with Gasteiger partial charge < -0.3 is 10.2 Å². The molecule has 0 spiro atoms. The summed E-state index contributed by atoms with van der Waals surface area (Å²) in [5, 5.41) is 3.36. The summed E-state index contributed by atoms with van der Waals surface area (Å²) in [5.41, 5.74) is 1.86. The SMILES string of the molecule is CCCNC(=O)C(Cc1ccccc1)N(Cc1ccccc1Cl)C(=O)CN(c1ccc(Br)cc1)S(C)(=O)=O. The lowest BCUT2D eigenvalue weighted by Gasteiger charge is -2.33. The van der Waals surface area contributed by atoms with Crippen molar-refractivity contribution in [3.63, 3.8) is 0 Å². The molecule has 3 rings (SSSR count). The van der Waals surface area contributed by atoms with Crippen molar-refractivity contribution in [3.8, 4) is 0 Å². The molecular weight excluding hydrogens is 590 g/mol. The molecule has 3 aromatic carbocycles. The molecule has 1 unspecified atom stereocenters. The molecule has 10 heteroatoms. The highest BCUT2D eigenvalue weighted by atomic mass is 79.9. The molecule has 0 aromatic heterocycles. The van der Waals surface area contributed by atoms with Crippen LogP contribution in [-0.4, -0.2) is 50.5 Å². The van der Waals surface area contributed by atoms with E-state index in [0.29, 0.717) is 22.8 Å². The number of carbonyl (C=O) groups excluding carboxylic acids is 2. The van der Waals surface area contributed by atoms with Crippen molar-refractivity contribution in [2.75, 3.05) is 23.7 Å². The van der Waals surface area contributed by atoms with Gasteiger partial charge in [-0.2, -0.15) is 0 Å². The first-order chi connectivity index (χ1) is 18.1. The Balaban J connectivity index is 2.04. The number of anilines is 1. The first-order valence-corrected chi connectivity index (χ1v) is 15.2. The molecular formula is C28H31BrClN3O4S. The standard InChI is InChI=1S/C28H31BrClN3O4S/c1-3-17-31-28(35)26(18-21-9-5-4-6-10-21)32(19-22-11-7-8-12-25(22)30)27(34)20-33(38(2,36)37)24-15-13-23(29)14-16-24/h4-16,26H,3,17-20H2,1-2H3,(H,31,35). The summed E-state index contributed by atoms with van der Waals surface area (Å²) in [6, 6.07) is 22.2. The smallest absolute Gasteiger partial charge is 0.244 e. The Morgan fingerprint density at radius 1 is 0.974 bits per heavy atom. The Bertz CT molecular complexity index is 1340. The Morgan fingerprint density at radius 2 is 1.61 bits per heavy atom. The molecule has 0 aliphatic rings. The van der Waals surface area contributed by atoms with Gasteiger partial charge in [0.2, 0.25) is 21.8 Å². The maximum atomic E-state index is 14.0. The monoisotopic (exact) mass is 619 g/mol. The normalized spacial score (nSPS) is 12.0. The van der Waals surface area contributed by atoms with E-state index in [-0.39, 0.29) is 18.9 Å². The van der Waals surface area contributed by atoms with Crippen LogP contribution in [0.25, 0.3) is 0 Å². The van der Waals surface area contributed by atoms with E-state index in [1.54, 1.807) is 48.5 Å². The molecule has 0 aliphatic carbocycles. The summed E-state index contributed by atoms with van der Waals surface area (Å²) in [7, 11) is -3.82. The quantitative estimate of drug-likeness (QED) is 0.308. The third-order valence-electron chi connectivity index (χ3n) is 5.91. The summed E-state index contributed by atoms with van der Waals surface area (Å²) in [5.74, 6) is -0.837. The van der Waals surface area contributed by atoms with Crippen molar-refractivity contribution in [2.45, 2.75) is 32.4 Å². The molecule has 0 aliphatic heterocycles. The van der Waals surface area contributed by atoms with Crippen LogP contribution in [0.1, 0.15) is 24.5 Å². The van der Waals surface area contributed by atoms with E-state index >= 15 is 0 Å². The molecule has 38 heavy (non-hydrogen) atoms. The predicted octanol–water partition coefficient (Wildman–Crippen LogP) is 5.03. The zero-order valence-electron chi connectivity index (χ0n) is 21.3. The number of rotatable bonds is 12. The van der Waals surface area contributed by atoms with Gasteiger partial charge in [-0.1, -0.05) is 83.0 Å². The number of amides is 2. The van der Waals surface area contributed by atoms with E-state index in [4.69, 9.17) is 11.6 Å². The molecule has 3 aromatic rings. The summed E-state index contributed by atoms with van der Waals surface area (Å²) in [6.45, 7) is 1.96. The van der Waals surface area contributed by atoms with Crippen LogP contribution in [0.3, 0.4) is 0 Å². The molecule has 7 nitrogen and oxygen atoms in total. The fraction of sp³-hybridized carbons (Fsp3) is 0.286. The highest BCUT2D eigenvalue weighted by Gasteiger charge is 2.33. The van der Waals surface area contributed by atoms with Crippen molar-refractivity contribution in [1.29, 1.82) is 0 Å². The van der Waals surface area contributed by atoms with Gasteiger partial charge in [-0.3, -0.25) is 13.9 Å². The number of benzene rings is 3. The van der Waals surface area contributed by atoms with E-state index < -0.39 is 28.5 Å². The van der Waals surface area contributed by atoms with Crippen LogP contribution >= 0.6 is 27.5 Å². The van der Waals surface area contributed by atoms with E-state index in [1.807, 2.05) is 37.3 Å². The molecule has 0 bridgehead atoms. The van der Waals surface area contributed by atoms with Gasteiger partial charge in [0.15, 0.2) is 0 Å². The Labute approximate surface area is 238 Å². The van der Waals surface area contributed by atoms with E-state index in [0.717, 1.165) is 27.0 Å². The highest BCUT2D eigenvalue weighted by molar-refractivity contribution is 9.10. The second-order valence-corrected chi connectivity index (χ2v) is 12.1. The minimum atomic E-state index is -3.82. The molecule has 0 fully saturated rings. The van der Waals surface area contributed by atoms with Crippen molar-refractivity contribution in [2.24, 2.45) is 0 Å². The van der Waals surface area contributed by atoms with Crippen LogP contribution in [0.5, 0.6) is 0 Å². The molecule has 0 saturated heterocycles. The van der Waals surface area contributed by atoms with Crippen LogP contribution in [0, 0.1) is 0 Å². The second kappa shape index (κ2) is 13.8. The van der Waals surface area contributed by atoms with Crippen LogP contribution in [-0.2, 0) is 32.6 Å². The largest absolute Gasteiger partial charge is 0.354 e. The van der Waals surface area contributed by atoms with Gasteiger partial charge in [-0.15, -0.1) is 0 Å². The lowest BCUT2D eigenvalue weighted by molar-refractivity contribution is -0.140. The Kier molecular flexibility index (Phi) is 10.8. The Morgan fingerprint density at radius 3 is 2.21 bits per heavy atom. The average Bonchev–Trinajstić information content (AvgIpc) is 2.89. The van der Waals surface area contributed by atoms with Gasteiger partial charge in [0.1, 0.15) is 12.6 Å². The predicted molar refractivity (Wildman–Crippen MR) is 156 cm³/mol. The molecule has 0 radical (unpaired) electrons. The lowest BCUT2D eigenvalue weighted by atomic mass is 10.0. The number of nitrogens with zero attached hydrogens (tertiary/aromatic N) is 2. The minimum absolute atomic E-state index is 0.0352. The highest BCUT2D eigenvalue weighted by Crippen LogP contribution is 2.24. The summed E-state index contributed by atoms with van der Waals surface area (Å²) < 4.78 is 27.4. The fourth-order valence-electron chi connectivity index (χ4n) is 3.95. The number of hydrogen-bond acceptors (Lipinski definition) is 4. The van der Waals surface area contributed by atoms with Gasteiger partial charge in [0.25, 0.3) is 0 Å². The number of halogens is 2.